The van der Waals surface area contributed by atoms with Crippen LogP contribution in [0.1, 0.15) is 11.3 Å². The molecular formula is C14H13N3. The van der Waals surface area contributed by atoms with Crippen molar-refractivity contribution in [3.05, 3.63) is 47.8 Å². The van der Waals surface area contributed by atoms with Gasteiger partial charge >= 0.3 is 0 Å². The fourth-order valence-corrected chi connectivity index (χ4v) is 1.86. The number of H-pyrrole nitrogens is 1. The molecule has 0 radical (unpaired) electrons. The number of benzene rings is 1. The highest BCUT2D eigenvalue weighted by Crippen LogP contribution is 2.20. The number of fused-ring (bicyclic) bond motifs is 1. The Kier molecular flexibility index (Phi) is 2.18. The standard InChI is InChI=1S/C14H13N3/c1-9-3-6-12-13(7-9)17-14(16-12)11-5-4-10(2)15-8-11/h3-8H,1-2H3,(H,16,17). The molecule has 0 spiro atoms. The summed E-state index contributed by atoms with van der Waals surface area (Å²) in [5.74, 6) is 0.873. The van der Waals surface area contributed by atoms with E-state index in [1.54, 1.807) is 0 Å². The lowest BCUT2D eigenvalue weighted by Gasteiger charge is -1.95. The minimum Gasteiger partial charge on any atom is -0.338 e. The quantitative estimate of drug-likeness (QED) is 0.688. The first kappa shape index (κ1) is 10.0. The van der Waals surface area contributed by atoms with Gasteiger partial charge in [-0.1, -0.05) is 6.07 Å². The Morgan fingerprint density at radius 3 is 2.71 bits per heavy atom. The number of nitrogens with zero attached hydrogens (tertiary/aromatic N) is 2. The molecule has 0 aliphatic heterocycles. The highest BCUT2D eigenvalue weighted by atomic mass is 14.9. The van der Waals surface area contributed by atoms with E-state index in [1.165, 1.54) is 5.56 Å². The second-order valence-electron chi connectivity index (χ2n) is 4.29. The van der Waals surface area contributed by atoms with Gasteiger partial charge in [0.2, 0.25) is 0 Å². The molecule has 0 aliphatic rings. The normalized spacial score (nSPS) is 10.9. The van der Waals surface area contributed by atoms with Gasteiger partial charge in [-0.2, -0.15) is 0 Å². The van der Waals surface area contributed by atoms with Gasteiger partial charge in [-0.15, -0.1) is 0 Å². The highest BCUT2D eigenvalue weighted by molar-refractivity contribution is 5.79. The molecule has 0 aliphatic carbocycles. The van der Waals surface area contributed by atoms with Crippen LogP contribution in [0.15, 0.2) is 36.5 Å². The summed E-state index contributed by atoms with van der Waals surface area (Å²) in [4.78, 5) is 12.2. The van der Waals surface area contributed by atoms with Crippen LogP contribution >= 0.6 is 0 Å². The van der Waals surface area contributed by atoms with E-state index in [0.717, 1.165) is 28.1 Å². The number of nitrogens with one attached hydrogen (secondary N) is 1. The Hall–Kier alpha value is -2.16. The number of pyridine rings is 1. The summed E-state index contributed by atoms with van der Waals surface area (Å²) in [7, 11) is 0. The number of rotatable bonds is 1. The van der Waals surface area contributed by atoms with Gasteiger partial charge < -0.3 is 4.98 Å². The maximum absolute atomic E-state index is 4.58. The SMILES string of the molecule is Cc1ccc2[nH]c(-c3ccc(C)nc3)nc2c1. The van der Waals surface area contributed by atoms with Gasteiger partial charge in [-0.05, 0) is 43.7 Å². The third-order valence-corrected chi connectivity index (χ3v) is 2.82. The van der Waals surface area contributed by atoms with E-state index < -0.39 is 0 Å². The van der Waals surface area contributed by atoms with Crippen molar-refractivity contribution in [1.29, 1.82) is 0 Å². The van der Waals surface area contributed by atoms with Crippen LogP contribution in [0.3, 0.4) is 0 Å². The van der Waals surface area contributed by atoms with Gasteiger partial charge in [0, 0.05) is 17.5 Å². The molecule has 3 aromatic rings. The Bertz CT molecular complexity index is 666. The van der Waals surface area contributed by atoms with Crippen LogP contribution < -0.4 is 0 Å². The molecule has 1 N–H and O–H groups in total. The fraction of sp³-hybridized carbons (Fsp3) is 0.143. The molecule has 0 saturated heterocycles. The van der Waals surface area contributed by atoms with Crippen molar-refractivity contribution in [2.45, 2.75) is 13.8 Å². The minimum atomic E-state index is 0.873. The number of hydrogen-bond donors (Lipinski definition) is 1. The highest BCUT2D eigenvalue weighted by Gasteiger charge is 2.05. The summed E-state index contributed by atoms with van der Waals surface area (Å²) in [6, 6.07) is 10.2. The monoisotopic (exact) mass is 223 g/mol. The van der Waals surface area contributed by atoms with E-state index in [1.807, 2.05) is 25.3 Å². The molecule has 0 amide bonds. The number of aromatic nitrogens is 3. The van der Waals surface area contributed by atoms with Crippen molar-refractivity contribution >= 4 is 11.0 Å². The minimum absolute atomic E-state index is 0.873. The van der Waals surface area contributed by atoms with E-state index >= 15 is 0 Å². The third-order valence-electron chi connectivity index (χ3n) is 2.82. The van der Waals surface area contributed by atoms with Crippen LogP contribution in [0, 0.1) is 13.8 Å². The largest absolute Gasteiger partial charge is 0.338 e. The molecule has 2 aromatic heterocycles. The number of hydrogen-bond acceptors (Lipinski definition) is 2. The molecule has 0 atom stereocenters. The van der Waals surface area contributed by atoms with Crippen molar-refractivity contribution in [3.63, 3.8) is 0 Å². The molecule has 0 unspecified atom stereocenters. The molecule has 84 valence electrons. The lowest BCUT2D eigenvalue weighted by atomic mass is 10.2. The Balaban J connectivity index is 2.14. The van der Waals surface area contributed by atoms with Crippen molar-refractivity contribution < 1.29 is 0 Å². The van der Waals surface area contributed by atoms with Crippen LogP contribution in [-0.2, 0) is 0 Å². The maximum Gasteiger partial charge on any atom is 0.140 e. The van der Waals surface area contributed by atoms with E-state index in [2.05, 4.69) is 40.1 Å². The number of imidazole rings is 1. The number of aromatic amines is 1. The zero-order chi connectivity index (χ0) is 11.8. The Labute approximate surface area is 99.5 Å². The predicted molar refractivity (Wildman–Crippen MR) is 68.8 cm³/mol. The van der Waals surface area contributed by atoms with E-state index in [4.69, 9.17) is 0 Å². The molecule has 0 bridgehead atoms. The van der Waals surface area contributed by atoms with Crippen LogP contribution in [0.4, 0.5) is 0 Å². The summed E-state index contributed by atoms with van der Waals surface area (Å²) >= 11 is 0. The van der Waals surface area contributed by atoms with Crippen LogP contribution in [0.5, 0.6) is 0 Å². The van der Waals surface area contributed by atoms with Gasteiger partial charge in [0.15, 0.2) is 0 Å². The Morgan fingerprint density at radius 1 is 1.06 bits per heavy atom. The van der Waals surface area contributed by atoms with Crippen LogP contribution in [0.2, 0.25) is 0 Å². The lowest BCUT2D eigenvalue weighted by Crippen LogP contribution is -1.84. The summed E-state index contributed by atoms with van der Waals surface area (Å²) in [5, 5.41) is 0. The second-order valence-corrected chi connectivity index (χ2v) is 4.29. The van der Waals surface area contributed by atoms with Gasteiger partial charge in [-0.3, -0.25) is 4.98 Å². The number of aryl methyl sites for hydroxylation is 2. The average Bonchev–Trinajstić information content (AvgIpc) is 2.72. The molecule has 3 heteroatoms. The van der Waals surface area contributed by atoms with Crippen LogP contribution in [-0.4, -0.2) is 15.0 Å². The van der Waals surface area contributed by atoms with Crippen LogP contribution in [0.25, 0.3) is 22.4 Å². The van der Waals surface area contributed by atoms with Gasteiger partial charge in [-0.25, -0.2) is 4.98 Å². The predicted octanol–water partition coefficient (Wildman–Crippen LogP) is 3.24. The fourth-order valence-electron chi connectivity index (χ4n) is 1.86. The van der Waals surface area contributed by atoms with Crippen molar-refractivity contribution in [1.82, 2.24) is 15.0 Å². The summed E-state index contributed by atoms with van der Waals surface area (Å²) in [6.45, 7) is 4.05. The third kappa shape index (κ3) is 1.80. The molecular weight excluding hydrogens is 210 g/mol. The van der Waals surface area contributed by atoms with E-state index in [0.29, 0.717) is 0 Å². The van der Waals surface area contributed by atoms with E-state index in [-0.39, 0.29) is 0 Å². The lowest BCUT2D eigenvalue weighted by molar-refractivity contribution is 1.19. The van der Waals surface area contributed by atoms with Gasteiger partial charge in [0.25, 0.3) is 0 Å². The summed E-state index contributed by atoms with van der Waals surface area (Å²) in [5.41, 5.74) is 5.31. The molecule has 1 aromatic carbocycles. The summed E-state index contributed by atoms with van der Waals surface area (Å²) < 4.78 is 0. The molecule has 0 fully saturated rings. The van der Waals surface area contributed by atoms with Crippen molar-refractivity contribution in [3.8, 4) is 11.4 Å². The smallest absolute Gasteiger partial charge is 0.140 e. The van der Waals surface area contributed by atoms with Crippen molar-refractivity contribution in [2.75, 3.05) is 0 Å². The molecule has 3 rings (SSSR count). The van der Waals surface area contributed by atoms with Crippen molar-refractivity contribution in [2.24, 2.45) is 0 Å². The molecule has 2 heterocycles. The maximum atomic E-state index is 4.58. The Morgan fingerprint density at radius 2 is 1.94 bits per heavy atom. The second kappa shape index (κ2) is 3.70. The average molecular weight is 223 g/mol. The van der Waals surface area contributed by atoms with Gasteiger partial charge in [0.1, 0.15) is 5.82 Å². The van der Waals surface area contributed by atoms with E-state index in [9.17, 15) is 0 Å². The first-order valence-corrected chi connectivity index (χ1v) is 5.62. The molecule has 17 heavy (non-hydrogen) atoms. The molecule has 3 nitrogen and oxygen atoms in total. The van der Waals surface area contributed by atoms with Gasteiger partial charge in [0.05, 0.1) is 11.0 Å². The summed E-state index contributed by atoms with van der Waals surface area (Å²) in [6.07, 6.45) is 1.85. The zero-order valence-electron chi connectivity index (χ0n) is 9.86. The first-order chi connectivity index (χ1) is 8.22. The molecule has 0 saturated carbocycles. The first-order valence-electron chi connectivity index (χ1n) is 5.62. The zero-order valence-corrected chi connectivity index (χ0v) is 9.86. The topological polar surface area (TPSA) is 41.6 Å².